The molecule has 0 aromatic heterocycles. The average molecular weight is 276 g/mol. The molecule has 0 aliphatic heterocycles. The van der Waals surface area contributed by atoms with Crippen LogP contribution in [0.15, 0.2) is 36.4 Å². The monoisotopic (exact) mass is 276 g/mol. The first-order valence-electron chi connectivity index (χ1n) is 3.25. The molecule has 1 N–H and O–H groups in total. The predicted molar refractivity (Wildman–Crippen MR) is 58.5 cm³/mol. The molecule has 0 heterocycles. The number of carboxylic acid groups (broad SMARTS) is 1. The Morgan fingerprint density at radius 3 is 2.33 bits per heavy atom. The number of hydrogen-bond donors (Lipinski definition) is 1. The fraction of sp³-hybridized carbons (Fsp3) is 0. The van der Waals surface area contributed by atoms with Crippen molar-refractivity contribution in [2.45, 2.75) is 0 Å². The van der Waals surface area contributed by atoms with Crippen molar-refractivity contribution >= 4 is 36.0 Å². The molecular formula is C9H9IO2. The number of carboxylic acids is 1. The maximum Gasteiger partial charge on any atom is 0.328 e. The Labute approximate surface area is 87.9 Å². The largest absolute Gasteiger partial charge is 0.478 e. The molecule has 0 saturated carbocycles. The van der Waals surface area contributed by atoms with Gasteiger partial charge in [0.25, 0.3) is 0 Å². The van der Waals surface area contributed by atoms with Crippen LogP contribution in [0.2, 0.25) is 0 Å². The van der Waals surface area contributed by atoms with Crippen molar-refractivity contribution in [2.75, 3.05) is 0 Å². The summed E-state index contributed by atoms with van der Waals surface area (Å²) in [7, 11) is 0. The highest BCUT2D eigenvalue weighted by Gasteiger charge is 1.85. The second kappa shape index (κ2) is 5.77. The zero-order valence-electron chi connectivity index (χ0n) is 6.31. The minimum absolute atomic E-state index is 0. The van der Waals surface area contributed by atoms with E-state index in [0.717, 1.165) is 11.6 Å². The molecule has 12 heavy (non-hydrogen) atoms. The van der Waals surface area contributed by atoms with Crippen LogP contribution in [0.5, 0.6) is 0 Å². The van der Waals surface area contributed by atoms with Gasteiger partial charge in [0.1, 0.15) is 0 Å². The van der Waals surface area contributed by atoms with Gasteiger partial charge in [0.2, 0.25) is 0 Å². The lowest BCUT2D eigenvalue weighted by Crippen LogP contribution is -1.85. The normalized spacial score (nSPS) is 9.33. The summed E-state index contributed by atoms with van der Waals surface area (Å²) in [5.41, 5.74) is 0.898. The van der Waals surface area contributed by atoms with E-state index in [9.17, 15) is 4.79 Å². The van der Waals surface area contributed by atoms with Gasteiger partial charge in [-0.15, -0.1) is 24.0 Å². The summed E-state index contributed by atoms with van der Waals surface area (Å²) in [4.78, 5) is 10.1. The zero-order valence-corrected chi connectivity index (χ0v) is 8.64. The Kier molecular flexibility index (Phi) is 5.36. The van der Waals surface area contributed by atoms with Crippen LogP contribution in [0.4, 0.5) is 0 Å². The van der Waals surface area contributed by atoms with Crippen LogP contribution in [0, 0.1) is 0 Å². The molecule has 1 aromatic rings. The SMILES string of the molecule is I.O=C(O)C=Cc1ccccc1. The first-order chi connectivity index (χ1) is 5.29. The van der Waals surface area contributed by atoms with Gasteiger partial charge >= 0.3 is 5.97 Å². The molecule has 0 spiro atoms. The molecule has 0 unspecified atom stereocenters. The van der Waals surface area contributed by atoms with Crippen molar-refractivity contribution in [2.24, 2.45) is 0 Å². The fourth-order valence-corrected chi connectivity index (χ4v) is 0.732. The van der Waals surface area contributed by atoms with Crippen molar-refractivity contribution in [3.8, 4) is 0 Å². The Morgan fingerprint density at radius 1 is 1.25 bits per heavy atom. The van der Waals surface area contributed by atoms with Crippen LogP contribution in [0.25, 0.3) is 6.08 Å². The third-order valence-electron chi connectivity index (χ3n) is 1.22. The van der Waals surface area contributed by atoms with Crippen molar-refractivity contribution in [3.63, 3.8) is 0 Å². The van der Waals surface area contributed by atoms with Gasteiger partial charge in [-0.05, 0) is 11.6 Å². The van der Waals surface area contributed by atoms with Gasteiger partial charge in [-0.2, -0.15) is 0 Å². The van der Waals surface area contributed by atoms with Gasteiger partial charge in [-0.3, -0.25) is 0 Å². The van der Waals surface area contributed by atoms with Crippen molar-refractivity contribution in [3.05, 3.63) is 42.0 Å². The Hall–Kier alpha value is -0.840. The van der Waals surface area contributed by atoms with Gasteiger partial charge in [-0.1, -0.05) is 30.3 Å². The smallest absolute Gasteiger partial charge is 0.328 e. The molecule has 0 radical (unpaired) electrons. The molecule has 1 rings (SSSR count). The molecule has 0 bridgehead atoms. The summed E-state index contributed by atoms with van der Waals surface area (Å²) in [6, 6.07) is 9.31. The number of rotatable bonds is 2. The van der Waals surface area contributed by atoms with Crippen molar-refractivity contribution in [1.82, 2.24) is 0 Å². The number of benzene rings is 1. The number of aliphatic carboxylic acids is 1. The third-order valence-corrected chi connectivity index (χ3v) is 1.22. The van der Waals surface area contributed by atoms with Crippen molar-refractivity contribution in [1.29, 1.82) is 0 Å². The van der Waals surface area contributed by atoms with Gasteiger partial charge in [0.15, 0.2) is 0 Å². The highest BCUT2D eigenvalue weighted by atomic mass is 127. The summed E-state index contributed by atoms with van der Waals surface area (Å²) >= 11 is 0. The summed E-state index contributed by atoms with van der Waals surface area (Å²) in [5.74, 6) is -0.922. The predicted octanol–water partition coefficient (Wildman–Crippen LogP) is 2.40. The molecule has 0 atom stereocenters. The minimum atomic E-state index is -0.922. The summed E-state index contributed by atoms with van der Waals surface area (Å²) in [5, 5.41) is 8.29. The molecule has 0 aliphatic rings. The molecule has 0 aliphatic carbocycles. The van der Waals surface area contributed by atoms with E-state index in [0.29, 0.717) is 0 Å². The van der Waals surface area contributed by atoms with Gasteiger partial charge < -0.3 is 5.11 Å². The average Bonchev–Trinajstić information content (AvgIpc) is 2.03. The minimum Gasteiger partial charge on any atom is -0.478 e. The molecule has 0 amide bonds. The van der Waals surface area contributed by atoms with Crippen molar-refractivity contribution < 1.29 is 9.90 Å². The lowest BCUT2D eigenvalue weighted by Gasteiger charge is -1.87. The van der Waals surface area contributed by atoms with E-state index >= 15 is 0 Å². The van der Waals surface area contributed by atoms with E-state index in [1.54, 1.807) is 6.08 Å². The maximum atomic E-state index is 10.1. The zero-order chi connectivity index (χ0) is 8.10. The molecule has 1 aromatic carbocycles. The first-order valence-corrected chi connectivity index (χ1v) is 3.25. The number of carbonyl (C=O) groups is 1. The van der Waals surface area contributed by atoms with E-state index in [4.69, 9.17) is 5.11 Å². The summed E-state index contributed by atoms with van der Waals surface area (Å²) < 4.78 is 0. The molecule has 0 saturated heterocycles. The quantitative estimate of drug-likeness (QED) is 0.665. The van der Waals surface area contributed by atoms with Crippen LogP contribution in [-0.2, 0) is 4.79 Å². The van der Waals surface area contributed by atoms with Gasteiger partial charge in [0.05, 0.1) is 0 Å². The lowest BCUT2D eigenvalue weighted by molar-refractivity contribution is -0.131. The number of halogens is 1. The van der Waals surface area contributed by atoms with Crippen LogP contribution in [0.3, 0.4) is 0 Å². The lowest BCUT2D eigenvalue weighted by atomic mass is 10.2. The van der Waals surface area contributed by atoms with Gasteiger partial charge in [0, 0.05) is 6.08 Å². The standard InChI is InChI=1S/C9H8O2.HI/c10-9(11)7-6-8-4-2-1-3-5-8;/h1-7H,(H,10,11);1H. The summed E-state index contributed by atoms with van der Waals surface area (Å²) in [6.45, 7) is 0. The molecule has 3 heteroatoms. The van der Waals surface area contributed by atoms with Crippen LogP contribution in [0.1, 0.15) is 5.56 Å². The molecule has 64 valence electrons. The third kappa shape index (κ3) is 4.12. The molecular weight excluding hydrogens is 267 g/mol. The molecule has 2 nitrogen and oxygen atoms in total. The Bertz CT molecular complexity index is 267. The van der Waals surface area contributed by atoms with Crippen LogP contribution >= 0.6 is 24.0 Å². The number of hydrogen-bond acceptors (Lipinski definition) is 1. The highest BCUT2D eigenvalue weighted by Crippen LogP contribution is 1.99. The second-order valence-electron chi connectivity index (χ2n) is 2.08. The van der Waals surface area contributed by atoms with E-state index in [1.807, 2.05) is 30.3 Å². The first kappa shape index (κ1) is 11.2. The van der Waals surface area contributed by atoms with E-state index in [2.05, 4.69) is 0 Å². The van der Waals surface area contributed by atoms with Crippen LogP contribution < -0.4 is 0 Å². The summed E-state index contributed by atoms with van der Waals surface area (Å²) in [6.07, 6.45) is 2.68. The fourth-order valence-electron chi connectivity index (χ4n) is 0.732. The molecule has 0 fully saturated rings. The second-order valence-corrected chi connectivity index (χ2v) is 2.08. The van der Waals surface area contributed by atoms with E-state index in [-0.39, 0.29) is 24.0 Å². The van der Waals surface area contributed by atoms with E-state index in [1.165, 1.54) is 0 Å². The Balaban J connectivity index is 0.00000121. The van der Waals surface area contributed by atoms with Crippen LogP contribution in [-0.4, -0.2) is 11.1 Å². The topological polar surface area (TPSA) is 37.3 Å². The maximum absolute atomic E-state index is 10.1. The Morgan fingerprint density at radius 2 is 1.83 bits per heavy atom. The van der Waals surface area contributed by atoms with Gasteiger partial charge in [-0.25, -0.2) is 4.79 Å². The van der Waals surface area contributed by atoms with E-state index < -0.39 is 5.97 Å². The highest BCUT2D eigenvalue weighted by molar-refractivity contribution is 14.0.